The molecule has 0 radical (unpaired) electrons. The van der Waals surface area contributed by atoms with Crippen LogP contribution in [0.25, 0.3) is 10.9 Å². The molecule has 4 nitrogen and oxygen atoms in total. The minimum absolute atomic E-state index is 0.0216. The molecule has 0 aliphatic carbocycles. The summed E-state index contributed by atoms with van der Waals surface area (Å²) >= 11 is 0. The predicted molar refractivity (Wildman–Crippen MR) is 65.9 cm³/mol. The van der Waals surface area contributed by atoms with Gasteiger partial charge in [0.15, 0.2) is 0 Å². The fraction of sp³-hybridized carbons (Fsp3) is 0.231. The molecule has 7 heteroatoms. The van der Waals surface area contributed by atoms with Crippen LogP contribution in [0.5, 0.6) is 0 Å². The van der Waals surface area contributed by atoms with E-state index < -0.39 is 28.7 Å². The fourth-order valence-corrected chi connectivity index (χ4v) is 2.09. The molecule has 2 N–H and O–H groups in total. The molecule has 0 spiro atoms. The maximum Gasteiger partial charge on any atom is 0.418 e. The van der Waals surface area contributed by atoms with E-state index in [1.54, 1.807) is 6.92 Å². The Morgan fingerprint density at radius 2 is 2.00 bits per heavy atom. The molecule has 106 valence electrons. The monoisotopic (exact) mass is 285 g/mol. The summed E-state index contributed by atoms with van der Waals surface area (Å²) in [6, 6.07) is 3.10. The quantitative estimate of drug-likeness (QED) is 0.891. The molecular formula is C13H10F3NO3. The van der Waals surface area contributed by atoms with E-state index in [-0.39, 0.29) is 23.0 Å². The molecule has 0 unspecified atom stereocenters. The van der Waals surface area contributed by atoms with E-state index in [1.807, 2.05) is 0 Å². The number of fused-ring (bicyclic) bond motifs is 1. The Hall–Kier alpha value is -2.31. The molecule has 0 amide bonds. The zero-order valence-corrected chi connectivity index (χ0v) is 10.3. The van der Waals surface area contributed by atoms with Crippen molar-refractivity contribution in [3.63, 3.8) is 0 Å². The van der Waals surface area contributed by atoms with Gasteiger partial charge >= 0.3 is 12.1 Å². The molecule has 0 bridgehead atoms. The minimum atomic E-state index is -4.63. The van der Waals surface area contributed by atoms with Gasteiger partial charge in [0.05, 0.1) is 11.1 Å². The number of alkyl halides is 3. The van der Waals surface area contributed by atoms with Crippen molar-refractivity contribution in [1.29, 1.82) is 0 Å². The fourth-order valence-electron chi connectivity index (χ4n) is 2.09. The smallest absolute Gasteiger partial charge is 0.418 e. The molecular weight excluding hydrogens is 275 g/mol. The maximum absolute atomic E-state index is 12.9. The summed E-state index contributed by atoms with van der Waals surface area (Å²) in [5.74, 6) is -1.46. The SMILES string of the molecule is CCc1[nH]c2c(C(F)(F)F)cccc2c(=O)c1C(=O)O. The van der Waals surface area contributed by atoms with Crippen LogP contribution in [0, 0.1) is 0 Å². The van der Waals surface area contributed by atoms with Crippen molar-refractivity contribution in [3.05, 3.63) is 45.2 Å². The van der Waals surface area contributed by atoms with Crippen LogP contribution in [-0.2, 0) is 12.6 Å². The second-order valence-electron chi connectivity index (χ2n) is 4.19. The number of halogens is 3. The number of para-hydroxylation sites is 1. The van der Waals surface area contributed by atoms with E-state index in [1.165, 1.54) is 6.07 Å². The Balaban J connectivity index is 2.98. The molecule has 0 aliphatic rings. The summed E-state index contributed by atoms with van der Waals surface area (Å²) in [5.41, 5.74) is -2.81. The van der Waals surface area contributed by atoms with Crippen LogP contribution >= 0.6 is 0 Å². The Morgan fingerprint density at radius 3 is 2.50 bits per heavy atom. The number of nitrogens with one attached hydrogen (secondary N) is 1. The normalized spacial score (nSPS) is 11.8. The standard InChI is InChI=1S/C13H10F3NO3/c1-2-8-9(12(19)20)11(18)6-4-3-5-7(10(6)17-8)13(14,15)16/h3-5H,2H2,1H3,(H,17,18)(H,19,20). The van der Waals surface area contributed by atoms with Gasteiger partial charge in [-0.1, -0.05) is 13.0 Å². The van der Waals surface area contributed by atoms with E-state index in [0.29, 0.717) is 0 Å². The van der Waals surface area contributed by atoms with Gasteiger partial charge in [-0.25, -0.2) is 4.79 Å². The van der Waals surface area contributed by atoms with E-state index in [9.17, 15) is 22.8 Å². The molecule has 2 rings (SSSR count). The van der Waals surface area contributed by atoms with Crippen molar-refractivity contribution in [2.75, 3.05) is 0 Å². The zero-order chi connectivity index (χ0) is 15.1. The minimum Gasteiger partial charge on any atom is -0.477 e. The third-order valence-electron chi connectivity index (χ3n) is 2.99. The number of carboxylic acid groups (broad SMARTS) is 1. The third-order valence-corrected chi connectivity index (χ3v) is 2.99. The van der Waals surface area contributed by atoms with Crippen LogP contribution in [0.4, 0.5) is 13.2 Å². The van der Waals surface area contributed by atoms with Gasteiger partial charge in [-0.3, -0.25) is 4.79 Å². The van der Waals surface area contributed by atoms with Crippen molar-refractivity contribution < 1.29 is 23.1 Å². The number of hydrogen-bond acceptors (Lipinski definition) is 2. The lowest BCUT2D eigenvalue weighted by molar-refractivity contribution is -0.136. The number of aromatic carboxylic acids is 1. The van der Waals surface area contributed by atoms with Gasteiger partial charge in [-0.2, -0.15) is 13.2 Å². The largest absolute Gasteiger partial charge is 0.477 e. The summed E-state index contributed by atoms with van der Waals surface area (Å²) in [4.78, 5) is 25.6. The number of carboxylic acids is 1. The highest BCUT2D eigenvalue weighted by Crippen LogP contribution is 2.33. The van der Waals surface area contributed by atoms with Crippen LogP contribution in [0.2, 0.25) is 0 Å². The van der Waals surface area contributed by atoms with Gasteiger partial charge in [-0.15, -0.1) is 0 Å². The van der Waals surface area contributed by atoms with E-state index in [0.717, 1.165) is 12.1 Å². The predicted octanol–water partition coefficient (Wildman–Crippen LogP) is 2.81. The average Bonchev–Trinajstić information content (AvgIpc) is 2.36. The number of benzene rings is 1. The lowest BCUT2D eigenvalue weighted by Crippen LogP contribution is -2.21. The van der Waals surface area contributed by atoms with Crippen LogP contribution in [0.1, 0.15) is 28.5 Å². The second kappa shape index (κ2) is 4.66. The maximum atomic E-state index is 12.9. The average molecular weight is 285 g/mol. The number of hydrogen-bond donors (Lipinski definition) is 2. The molecule has 2 aromatic rings. The lowest BCUT2D eigenvalue weighted by Gasteiger charge is -2.12. The van der Waals surface area contributed by atoms with Crippen LogP contribution in [0.3, 0.4) is 0 Å². The van der Waals surface area contributed by atoms with E-state index in [4.69, 9.17) is 5.11 Å². The Kier molecular flexibility index (Phi) is 3.29. The summed E-state index contributed by atoms with van der Waals surface area (Å²) in [6.45, 7) is 1.56. The summed E-state index contributed by atoms with van der Waals surface area (Å²) in [6.07, 6.45) is -4.52. The summed E-state index contributed by atoms with van der Waals surface area (Å²) in [7, 11) is 0. The number of rotatable bonds is 2. The van der Waals surface area contributed by atoms with Gasteiger partial charge < -0.3 is 10.1 Å². The molecule has 0 saturated heterocycles. The first-order valence-corrected chi connectivity index (χ1v) is 5.75. The highest BCUT2D eigenvalue weighted by Gasteiger charge is 2.33. The van der Waals surface area contributed by atoms with Crippen molar-refractivity contribution in [2.45, 2.75) is 19.5 Å². The molecule has 0 atom stereocenters. The van der Waals surface area contributed by atoms with Crippen molar-refractivity contribution in [1.82, 2.24) is 4.98 Å². The van der Waals surface area contributed by atoms with Crippen LogP contribution in [-0.4, -0.2) is 16.1 Å². The first-order chi connectivity index (χ1) is 9.27. The Morgan fingerprint density at radius 1 is 1.35 bits per heavy atom. The number of aromatic nitrogens is 1. The Bertz CT molecular complexity index is 747. The molecule has 0 saturated carbocycles. The zero-order valence-electron chi connectivity index (χ0n) is 10.3. The summed E-state index contributed by atoms with van der Waals surface area (Å²) < 4.78 is 38.7. The highest BCUT2D eigenvalue weighted by molar-refractivity contribution is 5.94. The first-order valence-electron chi connectivity index (χ1n) is 5.75. The van der Waals surface area contributed by atoms with Crippen LogP contribution < -0.4 is 5.43 Å². The van der Waals surface area contributed by atoms with Gasteiger partial charge in [-0.05, 0) is 18.6 Å². The van der Waals surface area contributed by atoms with Gasteiger partial charge in [0.2, 0.25) is 5.43 Å². The number of pyridine rings is 1. The second-order valence-corrected chi connectivity index (χ2v) is 4.19. The van der Waals surface area contributed by atoms with Gasteiger partial charge in [0.1, 0.15) is 5.56 Å². The molecule has 0 aliphatic heterocycles. The molecule has 1 heterocycles. The molecule has 1 aromatic carbocycles. The molecule has 20 heavy (non-hydrogen) atoms. The molecule has 0 fully saturated rings. The Labute approximate surface area is 110 Å². The highest BCUT2D eigenvalue weighted by atomic mass is 19.4. The van der Waals surface area contributed by atoms with E-state index >= 15 is 0 Å². The first kappa shape index (κ1) is 14.1. The number of carbonyl (C=O) groups is 1. The topological polar surface area (TPSA) is 70.2 Å². The lowest BCUT2D eigenvalue weighted by atomic mass is 10.0. The number of aromatic amines is 1. The summed E-state index contributed by atoms with van der Waals surface area (Å²) in [5, 5.41) is 8.74. The van der Waals surface area contributed by atoms with Gasteiger partial charge in [0, 0.05) is 11.1 Å². The van der Waals surface area contributed by atoms with Crippen molar-refractivity contribution >= 4 is 16.9 Å². The third kappa shape index (κ3) is 2.15. The van der Waals surface area contributed by atoms with Crippen molar-refractivity contribution in [3.8, 4) is 0 Å². The number of aryl methyl sites for hydroxylation is 1. The van der Waals surface area contributed by atoms with Crippen molar-refractivity contribution in [2.24, 2.45) is 0 Å². The van der Waals surface area contributed by atoms with Crippen LogP contribution in [0.15, 0.2) is 23.0 Å². The van der Waals surface area contributed by atoms with E-state index in [2.05, 4.69) is 4.98 Å². The number of H-pyrrole nitrogens is 1. The molecule has 1 aromatic heterocycles. The van der Waals surface area contributed by atoms with Gasteiger partial charge in [0.25, 0.3) is 0 Å².